The highest BCUT2D eigenvalue weighted by molar-refractivity contribution is 6.34. The minimum Gasteiger partial charge on any atom is -0.306 e. The van der Waals surface area contributed by atoms with Crippen LogP contribution in [0.25, 0.3) is 10.9 Å². The molecule has 0 bridgehead atoms. The van der Waals surface area contributed by atoms with Gasteiger partial charge in [0.1, 0.15) is 5.54 Å². The van der Waals surface area contributed by atoms with Crippen LogP contribution in [0, 0.1) is 10.1 Å². The van der Waals surface area contributed by atoms with Crippen LogP contribution in [0.2, 0.25) is 5.15 Å². The Bertz CT molecular complexity index is 1730. The van der Waals surface area contributed by atoms with Gasteiger partial charge in [0.25, 0.3) is 5.69 Å². The first-order chi connectivity index (χ1) is 20.5. The van der Waals surface area contributed by atoms with Crippen LogP contribution >= 0.6 is 11.6 Å². The first-order valence-corrected chi connectivity index (χ1v) is 14.2. The van der Waals surface area contributed by atoms with Crippen LogP contribution in [-0.4, -0.2) is 14.7 Å². The number of hydrogen-bond donors (Lipinski definition) is 1. The maximum atomic E-state index is 12.5. The highest BCUT2D eigenvalue weighted by Gasteiger charge is 2.41. The Morgan fingerprint density at radius 3 is 1.76 bits per heavy atom. The van der Waals surface area contributed by atoms with E-state index in [1.165, 1.54) is 0 Å². The molecule has 208 valence electrons. The third-order valence-electron chi connectivity index (χ3n) is 7.82. The van der Waals surface area contributed by atoms with Crippen LogP contribution in [0.1, 0.15) is 40.8 Å². The summed E-state index contributed by atoms with van der Waals surface area (Å²) in [6.07, 6.45) is 0. The van der Waals surface area contributed by atoms with Crippen molar-refractivity contribution in [2.75, 3.05) is 0 Å². The second-order valence-corrected chi connectivity index (χ2v) is 10.6. The third kappa shape index (κ3) is 4.85. The molecule has 6 nitrogen and oxygen atoms in total. The zero-order valence-corrected chi connectivity index (χ0v) is 23.8. The van der Waals surface area contributed by atoms with Crippen molar-refractivity contribution in [2.45, 2.75) is 25.0 Å². The fraction of sp³-hybridized carbons (Fsp3) is 0.114. The molecule has 0 fully saturated rings. The number of nitro groups is 1. The molecule has 0 saturated heterocycles. The molecule has 1 heterocycles. The second kappa shape index (κ2) is 11.6. The molecular formula is C35H29ClN4O2. The summed E-state index contributed by atoms with van der Waals surface area (Å²) in [7, 11) is 0. The Kier molecular flexibility index (Phi) is 7.57. The number of rotatable bonds is 9. The lowest BCUT2D eigenvalue weighted by Gasteiger charge is -2.37. The van der Waals surface area contributed by atoms with Crippen molar-refractivity contribution in [1.29, 1.82) is 0 Å². The summed E-state index contributed by atoms with van der Waals surface area (Å²) in [6, 6.07) is 43.6. The smallest absolute Gasteiger partial charge is 0.276 e. The maximum absolute atomic E-state index is 12.5. The Morgan fingerprint density at radius 2 is 1.29 bits per heavy atom. The first-order valence-electron chi connectivity index (χ1n) is 13.8. The summed E-state index contributed by atoms with van der Waals surface area (Å²) < 4.78 is 1.85. The van der Waals surface area contributed by atoms with E-state index in [0.29, 0.717) is 23.0 Å². The molecule has 0 aliphatic carbocycles. The fourth-order valence-corrected chi connectivity index (χ4v) is 5.98. The van der Waals surface area contributed by atoms with Crippen molar-refractivity contribution in [2.24, 2.45) is 0 Å². The van der Waals surface area contributed by atoms with Gasteiger partial charge in [0.2, 0.25) is 0 Å². The van der Waals surface area contributed by atoms with Gasteiger partial charge in [-0.1, -0.05) is 133 Å². The number of halogens is 1. The van der Waals surface area contributed by atoms with E-state index in [1.54, 1.807) is 12.1 Å². The zero-order valence-electron chi connectivity index (χ0n) is 23.0. The molecule has 1 aromatic heterocycles. The summed E-state index contributed by atoms with van der Waals surface area (Å²) >= 11 is 6.89. The van der Waals surface area contributed by atoms with E-state index in [0.717, 1.165) is 22.3 Å². The number of benzene rings is 5. The molecule has 1 atom stereocenters. The Labute approximate surface area is 249 Å². The largest absolute Gasteiger partial charge is 0.306 e. The van der Waals surface area contributed by atoms with Gasteiger partial charge < -0.3 is 5.32 Å². The molecule has 0 aliphatic rings. The molecule has 6 rings (SSSR count). The van der Waals surface area contributed by atoms with Gasteiger partial charge in [0.05, 0.1) is 10.4 Å². The average molecular weight is 573 g/mol. The van der Waals surface area contributed by atoms with Gasteiger partial charge in [0.15, 0.2) is 5.15 Å². The van der Waals surface area contributed by atoms with Crippen LogP contribution < -0.4 is 5.32 Å². The van der Waals surface area contributed by atoms with Gasteiger partial charge in [-0.15, -0.1) is 0 Å². The number of hydrogen-bond acceptors (Lipinski definition) is 4. The van der Waals surface area contributed by atoms with Crippen molar-refractivity contribution < 1.29 is 4.92 Å². The molecule has 0 spiro atoms. The highest BCUT2D eigenvalue weighted by Crippen LogP contribution is 2.44. The minimum atomic E-state index is -0.954. The zero-order chi connectivity index (χ0) is 29.1. The van der Waals surface area contributed by atoms with Gasteiger partial charge in [-0.25, -0.2) is 4.68 Å². The van der Waals surface area contributed by atoms with E-state index in [-0.39, 0.29) is 21.8 Å². The number of nitro benzene ring substituents is 1. The summed E-state index contributed by atoms with van der Waals surface area (Å²) in [5.41, 5.74) is 4.13. The van der Waals surface area contributed by atoms with Crippen LogP contribution in [-0.2, 0) is 12.1 Å². The molecule has 0 saturated carbocycles. The Balaban J connectivity index is 1.58. The van der Waals surface area contributed by atoms with Crippen molar-refractivity contribution >= 4 is 28.2 Å². The fourth-order valence-electron chi connectivity index (χ4n) is 5.75. The van der Waals surface area contributed by atoms with Gasteiger partial charge in [-0.05, 0) is 35.2 Å². The maximum Gasteiger partial charge on any atom is 0.276 e. The third-order valence-corrected chi connectivity index (χ3v) is 8.10. The monoisotopic (exact) mass is 572 g/mol. The van der Waals surface area contributed by atoms with Crippen molar-refractivity contribution in [3.63, 3.8) is 0 Å². The summed E-state index contributed by atoms with van der Waals surface area (Å²) in [5, 5.41) is 21.8. The van der Waals surface area contributed by atoms with E-state index < -0.39 is 5.54 Å². The van der Waals surface area contributed by atoms with Gasteiger partial charge in [-0.2, -0.15) is 5.10 Å². The molecule has 1 unspecified atom stereocenters. The molecule has 7 heteroatoms. The SMILES string of the molecule is CC(NCc1cc2c(Cl)nn(C(c3ccccc3)(c3ccccc3)c3ccccc3)c2cc1[N+](=O)[O-])c1ccccc1. The predicted octanol–water partition coefficient (Wildman–Crippen LogP) is 8.29. The molecule has 42 heavy (non-hydrogen) atoms. The molecule has 1 N–H and O–H groups in total. The van der Waals surface area contributed by atoms with Crippen LogP contribution in [0.3, 0.4) is 0 Å². The average Bonchev–Trinajstić information content (AvgIpc) is 3.37. The van der Waals surface area contributed by atoms with E-state index in [1.807, 2.05) is 96.5 Å². The lowest BCUT2D eigenvalue weighted by Crippen LogP contribution is -2.38. The molecule has 0 amide bonds. The van der Waals surface area contributed by atoms with E-state index in [9.17, 15) is 10.1 Å². The van der Waals surface area contributed by atoms with Gasteiger partial charge in [0, 0.05) is 29.6 Å². The second-order valence-electron chi connectivity index (χ2n) is 10.3. The Morgan fingerprint density at radius 1 is 0.810 bits per heavy atom. The van der Waals surface area contributed by atoms with Crippen LogP contribution in [0.15, 0.2) is 133 Å². The van der Waals surface area contributed by atoms with Crippen LogP contribution in [0.5, 0.6) is 0 Å². The van der Waals surface area contributed by atoms with Crippen molar-refractivity contribution in [3.05, 3.63) is 177 Å². The summed E-state index contributed by atoms with van der Waals surface area (Å²) in [6.45, 7) is 2.34. The topological polar surface area (TPSA) is 73.0 Å². The molecule has 5 aromatic carbocycles. The molecular weight excluding hydrogens is 544 g/mol. The number of nitrogens with one attached hydrogen (secondary N) is 1. The standard InChI is InChI=1S/C35H29ClN4O2/c1-25(26-14-6-2-7-15-26)37-24-27-22-31-33(23-32(27)40(41)42)39(38-34(31)36)35(28-16-8-3-9-17-28,29-18-10-4-11-19-29)30-20-12-5-13-21-30/h2-23,25,37H,24H2,1H3. The van der Waals surface area contributed by atoms with Crippen LogP contribution in [0.4, 0.5) is 5.69 Å². The van der Waals surface area contributed by atoms with E-state index in [4.69, 9.17) is 16.7 Å². The Hall–Kier alpha value is -4.78. The summed E-state index contributed by atoms with van der Waals surface area (Å²) in [4.78, 5) is 12.1. The summed E-state index contributed by atoms with van der Waals surface area (Å²) in [5.74, 6) is 0. The number of fused-ring (bicyclic) bond motifs is 1. The first kappa shape index (κ1) is 27.4. The lowest BCUT2D eigenvalue weighted by molar-refractivity contribution is -0.385. The van der Waals surface area contributed by atoms with E-state index in [2.05, 4.69) is 41.7 Å². The number of aromatic nitrogens is 2. The lowest BCUT2D eigenvalue weighted by atomic mass is 9.77. The predicted molar refractivity (Wildman–Crippen MR) is 168 cm³/mol. The number of nitrogens with zero attached hydrogens (tertiary/aromatic N) is 3. The quantitative estimate of drug-likeness (QED) is 0.107. The van der Waals surface area contributed by atoms with Crippen molar-refractivity contribution in [1.82, 2.24) is 15.1 Å². The normalized spacial score (nSPS) is 12.3. The van der Waals surface area contributed by atoms with Crippen molar-refractivity contribution in [3.8, 4) is 0 Å². The highest BCUT2D eigenvalue weighted by atomic mass is 35.5. The minimum absolute atomic E-state index is 0.00147. The van der Waals surface area contributed by atoms with Gasteiger partial charge >= 0.3 is 0 Å². The molecule has 0 aliphatic heterocycles. The molecule has 0 radical (unpaired) electrons. The molecule has 6 aromatic rings. The van der Waals surface area contributed by atoms with Gasteiger partial charge in [-0.3, -0.25) is 10.1 Å². The van der Waals surface area contributed by atoms with E-state index >= 15 is 0 Å².